The van der Waals surface area contributed by atoms with Gasteiger partial charge in [0.1, 0.15) is 0 Å². The number of sulfonamides is 1. The molecule has 0 amide bonds. The molecule has 0 aliphatic rings. The van der Waals surface area contributed by atoms with Crippen molar-refractivity contribution in [3.8, 4) is 0 Å². The second-order valence-electron chi connectivity index (χ2n) is 6.70. The summed E-state index contributed by atoms with van der Waals surface area (Å²) < 4.78 is 63.2. The normalized spacial score (nSPS) is 12.9. The van der Waals surface area contributed by atoms with Gasteiger partial charge in [-0.25, -0.2) is 0 Å². The molecule has 0 radical (unpaired) electrons. The van der Waals surface area contributed by atoms with E-state index in [-0.39, 0.29) is 17.3 Å². The Labute approximate surface area is 173 Å². The predicted molar refractivity (Wildman–Crippen MR) is 111 cm³/mol. The monoisotopic (exact) mass is 447 g/mol. The summed E-state index contributed by atoms with van der Waals surface area (Å²) in [6.45, 7) is 7.15. The average Bonchev–Trinajstić information content (AvgIpc) is 2.60. The smallest absolute Gasteiger partial charge is 0.275 e. The summed E-state index contributed by atoms with van der Waals surface area (Å²) in [5.74, 6) is 0. The fourth-order valence-corrected chi connectivity index (χ4v) is 3.24. The molecular formula is C19H21ClF3N3O2S. The summed E-state index contributed by atoms with van der Waals surface area (Å²) in [4.78, 5) is 0. The van der Waals surface area contributed by atoms with E-state index in [1.165, 1.54) is 12.1 Å². The van der Waals surface area contributed by atoms with Crippen LogP contribution in [-0.2, 0) is 10.0 Å². The van der Waals surface area contributed by atoms with Gasteiger partial charge in [-0.3, -0.25) is 9.73 Å². The lowest BCUT2D eigenvalue weighted by molar-refractivity contribution is -0.0429. The molecule has 0 fully saturated rings. The van der Waals surface area contributed by atoms with E-state index in [9.17, 15) is 21.6 Å². The Morgan fingerprint density at radius 3 is 2.24 bits per heavy atom. The standard InChI is InChI=1S/C19H21ClF3N3O2S/c1-12(2)26(16-8-6-15(20)7-9-16)24-14(4)17-11-13(3)5-10-18(17)25-29(27,28)19(21,22)23/h5-12,25H,1-4H3/b24-14+. The topological polar surface area (TPSA) is 61.8 Å². The van der Waals surface area contributed by atoms with Gasteiger partial charge >= 0.3 is 15.5 Å². The van der Waals surface area contributed by atoms with Crippen molar-refractivity contribution in [2.75, 3.05) is 9.73 Å². The molecule has 29 heavy (non-hydrogen) atoms. The molecule has 0 aromatic heterocycles. The highest BCUT2D eigenvalue weighted by molar-refractivity contribution is 7.93. The molecule has 2 aromatic carbocycles. The van der Waals surface area contributed by atoms with Crippen LogP contribution in [0.4, 0.5) is 24.5 Å². The molecule has 2 rings (SSSR count). The van der Waals surface area contributed by atoms with Crippen molar-refractivity contribution < 1.29 is 21.6 Å². The number of benzene rings is 2. The molecule has 0 spiro atoms. The van der Waals surface area contributed by atoms with Crippen LogP contribution in [0.2, 0.25) is 5.02 Å². The average molecular weight is 448 g/mol. The summed E-state index contributed by atoms with van der Waals surface area (Å²) in [6, 6.07) is 11.2. The molecule has 0 unspecified atom stereocenters. The van der Waals surface area contributed by atoms with E-state index < -0.39 is 15.5 Å². The Bertz CT molecular complexity index is 1000. The summed E-state index contributed by atoms with van der Waals surface area (Å²) in [5, 5.41) is 6.76. The molecule has 0 bridgehead atoms. The van der Waals surface area contributed by atoms with E-state index in [1.807, 2.05) is 13.8 Å². The van der Waals surface area contributed by atoms with Gasteiger partial charge in [-0.05, 0) is 64.1 Å². The van der Waals surface area contributed by atoms with Gasteiger partial charge in [-0.1, -0.05) is 23.2 Å². The number of hydrogen-bond donors (Lipinski definition) is 1. The minimum Gasteiger partial charge on any atom is -0.275 e. The Hall–Kier alpha value is -2.26. The molecule has 0 saturated heterocycles. The van der Waals surface area contributed by atoms with Gasteiger partial charge in [0.25, 0.3) is 0 Å². The van der Waals surface area contributed by atoms with Crippen LogP contribution in [0.5, 0.6) is 0 Å². The second-order valence-corrected chi connectivity index (χ2v) is 8.81. The zero-order valence-electron chi connectivity index (χ0n) is 16.2. The third kappa shape index (κ3) is 5.63. The first-order chi connectivity index (χ1) is 13.3. The number of nitrogens with zero attached hydrogens (tertiary/aromatic N) is 2. The van der Waals surface area contributed by atoms with Gasteiger partial charge in [0.15, 0.2) is 0 Å². The van der Waals surface area contributed by atoms with Gasteiger partial charge in [-0.2, -0.15) is 26.7 Å². The van der Waals surface area contributed by atoms with Crippen LogP contribution in [0.3, 0.4) is 0 Å². The summed E-state index contributed by atoms with van der Waals surface area (Å²) in [5.41, 5.74) is -3.56. The molecule has 0 heterocycles. The van der Waals surface area contributed by atoms with Crippen molar-refractivity contribution in [1.82, 2.24) is 0 Å². The van der Waals surface area contributed by atoms with Crippen molar-refractivity contribution in [3.05, 3.63) is 58.6 Å². The predicted octanol–water partition coefficient (Wildman–Crippen LogP) is 5.55. The SMILES string of the molecule is C/C(=N\N(c1ccc(Cl)cc1)C(C)C)c1cc(C)ccc1NS(=O)(=O)C(F)(F)F. The first-order valence-electron chi connectivity index (χ1n) is 8.62. The lowest BCUT2D eigenvalue weighted by Crippen LogP contribution is -2.31. The first-order valence-corrected chi connectivity index (χ1v) is 10.5. The van der Waals surface area contributed by atoms with Crippen LogP contribution in [0, 0.1) is 6.92 Å². The molecule has 0 aliphatic carbocycles. The lowest BCUT2D eigenvalue weighted by Gasteiger charge is -2.25. The number of hydrazone groups is 1. The Morgan fingerprint density at radius 1 is 1.14 bits per heavy atom. The minimum absolute atomic E-state index is 0.0775. The van der Waals surface area contributed by atoms with Gasteiger partial charge in [0, 0.05) is 16.6 Å². The van der Waals surface area contributed by atoms with Crippen LogP contribution in [-0.4, -0.2) is 25.7 Å². The second kappa shape index (κ2) is 8.62. The minimum atomic E-state index is -5.55. The summed E-state index contributed by atoms with van der Waals surface area (Å²) in [7, 11) is -5.55. The lowest BCUT2D eigenvalue weighted by atomic mass is 10.1. The molecule has 5 nitrogen and oxygen atoms in total. The van der Waals surface area contributed by atoms with Crippen LogP contribution in [0.25, 0.3) is 0 Å². The van der Waals surface area contributed by atoms with Gasteiger partial charge in [-0.15, -0.1) is 0 Å². The maximum Gasteiger partial charge on any atom is 0.516 e. The van der Waals surface area contributed by atoms with Crippen molar-refractivity contribution >= 4 is 38.7 Å². The van der Waals surface area contributed by atoms with E-state index in [2.05, 4.69) is 5.10 Å². The third-order valence-electron chi connectivity index (χ3n) is 3.95. The van der Waals surface area contributed by atoms with E-state index in [1.54, 1.807) is 53.9 Å². The molecule has 158 valence electrons. The number of hydrogen-bond acceptors (Lipinski definition) is 4. The fraction of sp³-hybridized carbons (Fsp3) is 0.316. The maximum atomic E-state index is 12.8. The number of aryl methyl sites for hydroxylation is 1. The fourth-order valence-electron chi connectivity index (χ4n) is 2.53. The highest BCUT2D eigenvalue weighted by Crippen LogP contribution is 2.28. The Morgan fingerprint density at radius 2 is 1.72 bits per heavy atom. The van der Waals surface area contributed by atoms with Crippen LogP contribution >= 0.6 is 11.6 Å². The zero-order valence-corrected chi connectivity index (χ0v) is 17.8. The van der Waals surface area contributed by atoms with E-state index in [4.69, 9.17) is 11.6 Å². The van der Waals surface area contributed by atoms with Gasteiger partial charge in [0.05, 0.1) is 17.1 Å². The number of nitrogens with one attached hydrogen (secondary N) is 1. The van der Waals surface area contributed by atoms with E-state index in [0.29, 0.717) is 10.7 Å². The van der Waals surface area contributed by atoms with Gasteiger partial charge in [0.2, 0.25) is 0 Å². The highest BCUT2D eigenvalue weighted by atomic mass is 35.5. The Kier molecular flexibility index (Phi) is 6.85. The van der Waals surface area contributed by atoms with E-state index in [0.717, 1.165) is 11.3 Å². The number of rotatable bonds is 6. The van der Waals surface area contributed by atoms with Crippen LogP contribution < -0.4 is 9.73 Å². The van der Waals surface area contributed by atoms with Crippen molar-refractivity contribution in [3.63, 3.8) is 0 Å². The molecule has 0 saturated carbocycles. The largest absolute Gasteiger partial charge is 0.516 e. The van der Waals surface area contributed by atoms with Crippen LogP contribution in [0.1, 0.15) is 31.9 Å². The van der Waals surface area contributed by atoms with Gasteiger partial charge < -0.3 is 0 Å². The zero-order chi connectivity index (χ0) is 22.0. The number of alkyl halides is 3. The molecule has 10 heteroatoms. The Balaban J connectivity index is 2.51. The molecule has 0 aliphatic heterocycles. The van der Waals surface area contributed by atoms with Crippen molar-refractivity contribution in [2.24, 2.45) is 5.10 Å². The third-order valence-corrected chi connectivity index (χ3v) is 5.30. The number of halogens is 4. The maximum absolute atomic E-state index is 12.8. The number of anilines is 2. The van der Waals surface area contributed by atoms with E-state index >= 15 is 0 Å². The molecule has 0 atom stereocenters. The van der Waals surface area contributed by atoms with Crippen LogP contribution in [0.15, 0.2) is 47.6 Å². The molecular weight excluding hydrogens is 427 g/mol. The van der Waals surface area contributed by atoms with Crippen molar-refractivity contribution in [2.45, 2.75) is 39.2 Å². The summed E-state index contributed by atoms with van der Waals surface area (Å²) in [6.07, 6.45) is 0. The molecule has 1 N–H and O–H groups in total. The van der Waals surface area contributed by atoms with Crippen molar-refractivity contribution in [1.29, 1.82) is 0 Å². The summed E-state index contributed by atoms with van der Waals surface area (Å²) >= 11 is 5.92. The first kappa shape index (κ1) is 23.0. The quantitative estimate of drug-likeness (QED) is 0.466. The highest BCUT2D eigenvalue weighted by Gasteiger charge is 2.46. The molecule has 2 aromatic rings.